The van der Waals surface area contributed by atoms with Gasteiger partial charge in [-0.3, -0.25) is 0 Å². The number of hydrogen-bond acceptors (Lipinski definition) is 3. The van der Waals surface area contributed by atoms with Gasteiger partial charge in [0.2, 0.25) is 0 Å². The van der Waals surface area contributed by atoms with Crippen LogP contribution in [-0.4, -0.2) is 19.6 Å². The molecule has 23 heavy (non-hydrogen) atoms. The van der Waals surface area contributed by atoms with E-state index in [4.69, 9.17) is 0 Å². The fourth-order valence-electron chi connectivity index (χ4n) is 3.13. The minimum absolute atomic E-state index is 0.337. The first-order valence-corrected chi connectivity index (χ1v) is 12.6. The molecule has 0 unspecified atom stereocenters. The Morgan fingerprint density at radius 2 is 1.39 bits per heavy atom. The SMILES string of the molecule is CCC[NH][Ti]([NH]CCC)([NH]CCC)[C]1=C(CC(C)(C)C)C=CC1. The fraction of sp³-hybridized carbons (Fsp3) is 0.789. The second kappa shape index (κ2) is 10.2. The van der Waals surface area contributed by atoms with Crippen molar-refractivity contribution >= 4 is 0 Å². The van der Waals surface area contributed by atoms with Crippen molar-refractivity contribution in [2.75, 3.05) is 19.6 Å². The maximum atomic E-state index is 3.98. The molecule has 1 aliphatic carbocycles. The molecule has 0 amide bonds. The van der Waals surface area contributed by atoms with E-state index in [0.29, 0.717) is 5.41 Å². The molecule has 0 bridgehead atoms. The first-order chi connectivity index (χ1) is 10.9. The van der Waals surface area contributed by atoms with Gasteiger partial charge in [-0.15, -0.1) is 0 Å². The van der Waals surface area contributed by atoms with Crippen molar-refractivity contribution in [3.05, 3.63) is 21.6 Å². The van der Waals surface area contributed by atoms with Crippen molar-refractivity contribution < 1.29 is 17.4 Å². The first-order valence-electron chi connectivity index (χ1n) is 9.52. The van der Waals surface area contributed by atoms with Crippen LogP contribution in [0.15, 0.2) is 21.6 Å². The van der Waals surface area contributed by atoms with Crippen molar-refractivity contribution in [2.45, 2.75) is 73.6 Å². The van der Waals surface area contributed by atoms with Gasteiger partial charge in [-0.2, -0.15) is 0 Å². The average Bonchev–Trinajstić information content (AvgIpc) is 2.93. The van der Waals surface area contributed by atoms with E-state index >= 15 is 0 Å². The molecule has 134 valence electrons. The summed E-state index contributed by atoms with van der Waals surface area (Å²) in [7, 11) is 0. The third kappa shape index (κ3) is 6.84. The summed E-state index contributed by atoms with van der Waals surface area (Å²) in [5, 5.41) is 0. The Morgan fingerprint density at radius 1 is 0.913 bits per heavy atom. The number of allylic oxidation sites excluding steroid dienone is 4. The van der Waals surface area contributed by atoms with Gasteiger partial charge in [-0.25, -0.2) is 0 Å². The molecule has 3 N–H and O–H groups in total. The summed E-state index contributed by atoms with van der Waals surface area (Å²) in [5.74, 6) is 0. The zero-order valence-corrected chi connectivity index (χ0v) is 17.9. The molecule has 1 rings (SSSR count). The molecular weight excluding hydrogens is 318 g/mol. The quantitative estimate of drug-likeness (QED) is 0.475. The maximum absolute atomic E-state index is 3.98. The van der Waals surface area contributed by atoms with Crippen molar-refractivity contribution in [3.8, 4) is 0 Å². The van der Waals surface area contributed by atoms with Crippen LogP contribution in [-0.2, 0) is 17.4 Å². The van der Waals surface area contributed by atoms with Gasteiger partial charge in [0.1, 0.15) is 0 Å². The average molecular weight is 357 g/mol. The fourth-order valence-corrected chi connectivity index (χ4v) is 9.32. The second-order valence-corrected chi connectivity index (χ2v) is 12.8. The predicted octanol–water partition coefficient (Wildman–Crippen LogP) is 4.53. The molecule has 4 heteroatoms. The molecule has 0 saturated carbocycles. The number of rotatable bonds is 11. The zero-order valence-electron chi connectivity index (χ0n) is 16.3. The molecule has 0 aliphatic heterocycles. The van der Waals surface area contributed by atoms with Gasteiger partial charge < -0.3 is 0 Å². The van der Waals surface area contributed by atoms with Gasteiger partial charge in [0, 0.05) is 0 Å². The third-order valence-electron chi connectivity index (χ3n) is 4.12. The molecule has 3 nitrogen and oxygen atoms in total. The van der Waals surface area contributed by atoms with Crippen molar-refractivity contribution in [2.24, 2.45) is 5.41 Å². The summed E-state index contributed by atoms with van der Waals surface area (Å²) >= 11 is -2.64. The van der Waals surface area contributed by atoms with Crippen molar-refractivity contribution in [3.63, 3.8) is 0 Å². The topological polar surface area (TPSA) is 36.1 Å². The summed E-state index contributed by atoms with van der Waals surface area (Å²) in [6, 6.07) is 0. The molecule has 0 fully saturated rings. The molecule has 0 saturated heterocycles. The van der Waals surface area contributed by atoms with Crippen LogP contribution in [0.3, 0.4) is 0 Å². The van der Waals surface area contributed by atoms with E-state index < -0.39 is 17.4 Å². The molecule has 0 radical (unpaired) electrons. The third-order valence-corrected chi connectivity index (χ3v) is 10.0. The standard InChI is InChI=1S/C10H15.3C3H8N.Ti/c1-10(2,3)8-9-6-4-5-7-9;3*1-2-3-4;/h4,6H,5,8H2,1-3H3;3*4H,2-3H2,1H3;/q;3*-1;+3. The molecule has 1 aliphatic rings. The van der Waals surface area contributed by atoms with E-state index in [1.807, 2.05) is 0 Å². The van der Waals surface area contributed by atoms with Crippen LogP contribution in [0.2, 0.25) is 0 Å². The normalized spacial score (nSPS) is 15.7. The summed E-state index contributed by atoms with van der Waals surface area (Å²) < 4.78 is 13.6. The Morgan fingerprint density at radius 3 is 1.78 bits per heavy atom. The monoisotopic (exact) mass is 357 g/mol. The van der Waals surface area contributed by atoms with Gasteiger partial charge in [0.05, 0.1) is 0 Å². The van der Waals surface area contributed by atoms with Crippen LogP contribution in [0.4, 0.5) is 0 Å². The Kier molecular flexibility index (Phi) is 9.32. The first kappa shape index (κ1) is 21.1. The van der Waals surface area contributed by atoms with E-state index in [0.717, 1.165) is 26.1 Å². The number of nitrogens with one attached hydrogen (secondary N) is 3. The van der Waals surface area contributed by atoms with Gasteiger partial charge in [0.15, 0.2) is 0 Å². The van der Waals surface area contributed by atoms with Gasteiger partial charge in [-0.05, 0) is 0 Å². The molecule has 0 aromatic rings. The van der Waals surface area contributed by atoms with Gasteiger partial charge in [-0.1, -0.05) is 0 Å². The van der Waals surface area contributed by atoms with E-state index in [1.54, 1.807) is 9.45 Å². The van der Waals surface area contributed by atoms with Crippen LogP contribution < -0.4 is 11.4 Å². The Labute approximate surface area is 149 Å². The second-order valence-electron chi connectivity index (χ2n) is 7.88. The van der Waals surface area contributed by atoms with Crippen LogP contribution in [0.1, 0.15) is 73.6 Å². The molecule has 0 spiro atoms. The van der Waals surface area contributed by atoms with E-state index in [1.165, 1.54) is 25.7 Å². The van der Waals surface area contributed by atoms with Crippen molar-refractivity contribution in [1.82, 2.24) is 11.4 Å². The summed E-state index contributed by atoms with van der Waals surface area (Å²) in [5.41, 5.74) is 1.91. The predicted molar refractivity (Wildman–Crippen MR) is 99.7 cm³/mol. The molecule has 0 atom stereocenters. The Hall–Kier alpha value is 0.0743. The molecular formula is C19H39N3Ti. The van der Waals surface area contributed by atoms with Crippen LogP contribution in [0.25, 0.3) is 0 Å². The van der Waals surface area contributed by atoms with E-state index in [9.17, 15) is 0 Å². The number of hydrogen-bond donors (Lipinski definition) is 3. The molecule has 0 aromatic carbocycles. The molecule has 0 heterocycles. The van der Waals surface area contributed by atoms with Gasteiger partial charge >= 0.3 is 149 Å². The van der Waals surface area contributed by atoms with Crippen molar-refractivity contribution in [1.29, 1.82) is 0 Å². The minimum atomic E-state index is -2.64. The van der Waals surface area contributed by atoms with Crippen LogP contribution in [0, 0.1) is 5.41 Å². The van der Waals surface area contributed by atoms with Crippen LogP contribution in [0.5, 0.6) is 0 Å². The van der Waals surface area contributed by atoms with E-state index in [2.05, 4.69) is 65.1 Å². The zero-order chi connectivity index (χ0) is 17.3. The summed E-state index contributed by atoms with van der Waals surface area (Å²) in [4.78, 5) is 0. The summed E-state index contributed by atoms with van der Waals surface area (Å²) in [6.45, 7) is 17.1. The van der Waals surface area contributed by atoms with E-state index in [-0.39, 0.29) is 0 Å². The van der Waals surface area contributed by atoms with Gasteiger partial charge in [0.25, 0.3) is 0 Å². The Balaban J connectivity index is 3.14. The molecule has 0 aromatic heterocycles. The summed E-state index contributed by atoms with van der Waals surface area (Å²) in [6.07, 6.45) is 10.6. The van der Waals surface area contributed by atoms with Crippen LogP contribution >= 0.6 is 0 Å². The Bertz CT molecular complexity index is 386.